The predicted molar refractivity (Wildman–Crippen MR) is 117 cm³/mol. The Kier molecular flexibility index (Phi) is 5.71. The van der Waals surface area contributed by atoms with Crippen molar-refractivity contribution in [1.82, 2.24) is 10.1 Å². The lowest BCUT2D eigenvalue weighted by Gasteiger charge is -2.17. The number of hydrogen-bond donors (Lipinski definition) is 1. The molecule has 2 heterocycles. The van der Waals surface area contributed by atoms with Crippen LogP contribution in [0.2, 0.25) is 0 Å². The van der Waals surface area contributed by atoms with Gasteiger partial charge in [-0.25, -0.2) is 4.79 Å². The van der Waals surface area contributed by atoms with E-state index < -0.39 is 12.1 Å². The van der Waals surface area contributed by atoms with Gasteiger partial charge >= 0.3 is 5.97 Å². The smallest absolute Gasteiger partial charge is 0.344 e. The number of aryl methyl sites for hydroxylation is 3. The van der Waals surface area contributed by atoms with E-state index in [0.29, 0.717) is 29.0 Å². The van der Waals surface area contributed by atoms with E-state index in [0.717, 1.165) is 22.9 Å². The van der Waals surface area contributed by atoms with Crippen molar-refractivity contribution in [3.05, 3.63) is 88.4 Å². The highest BCUT2D eigenvalue weighted by atomic mass is 16.5. The van der Waals surface area contributed by atoms with Gasteiger partial charge in [-0.3, -0.25) is 4.79 Å². The summed E-state index contributed by atoms with van der Waals surface area (Å²) in [5, 5.41) is 4.74. The molecule has 0 spiro atoms. The van der Waals surface area contributed by atoms with Crippen LogP contribution in [0.1, 0.15) is 63.2 Å². The summed E-state index contributed by atoms with van der Waals surface area (Å²) in [6, 6.07) is 14.9. The van der Waals surface area contributed by atoms with Gasteiger partial charge < -0.3 is 14.2 Å². The van der Waals surface area contributed by atoms with Crippen LogP contribution in [0.4, 0.5) is 0 Å². The number of rotatable bonds is 7. The zero-order valence-electron chi connectivity index (χ0n) is 17.8. The molecule has 0 saturated carbocycles. The molecule has 0 amide bonds. The molecule has 0 fully saturated rings. The summed E-state index contributed by atoms with van der Waals surface area (Å²) in [6.07, 6.45) is 1.97. The molecule has 0 radical (unpaired) electrons. The van der Waals surface area contributed by atoms with Crippen molar-refractivity contribution >= 4 is 22.7 Å². The van der Waals surface area contributed by atoms with Crippen molar-refractivity contribution in [3.63, 3.8) is 0 Å². The summed E-state index contributed by atoms with van der Waals surface area (Å²) < 4.78 is 11.0. The van der Waals surface area contributed by atoms with Crippen LogP contribution in [0.5, 0.6) is 0 Å². The molecule has 0 saturated heterocycles. The Balaban J connectivity index is 1.75. The fraction of sp³-hybridized carbons (Fsp3) is 0.240. The molecule has 0 aliphatic heterocycles. The van der Waals surface area contributed by atoms with Crippen molar-refractivity contribution in [2.45, 2.75) is 39.7 Å². The molecule has 0 bridgehead atoms. The lowest BCUT2D eigenvalue weighted by Crippen LogP contribution is -2.21. The van der Waals surface area contributed by atoms with E-state index in [1.807, 2.05) is 43.3 Å². The van der Waals surface area contributed by atoms with Gasteiger partial charge in [-0.15, -0.1) is 0 Å². The zero-order chi connectivity index (χ0) is 22.0. The Labute approximate surface area is 180 Å². The third-order valence-electron chi connectivity index (χ3n) is 5.49. The largest absolute Gasteiger partial charge is 0.445 e. The summed E-state index contributed by atoms with van der Waals surface area (Å²) in [7, 11) is 0. The second-order valence-corrected chi connectivity index (χ2v) is 7.37. The van der Waals surface area contributed by atoms with Crippen LogP contribution in [0.3, 0.4) is 0 Å². The number of ether oxygens (including phenoxy) is 1. The van der Waals surface area contributed by atoms with Crippen molar-refractivity contribution in [2.75, 3.05) is 0 Å². The number of carbonyl (C=O) groups excluding carboxylic acids is 2. The standard InChI is InChI=1S/C25H24N2O4/c1-4-16-12-9-13-18-19(14-26-22(16)18)23(28)24(17-10-7-6-8-11-17)30-25(29)21-15(3)31-27-20(21)5-2/h6-14,24,26H,4-5H2,1-3H3/t24-/m1/s1. The number of ketones is 1. The molecule has 0 aliphatic carbocycles. The number of Topliss-reactive ketones (excluding diaryl/α,β-unsaturated/α-hetero) is 1. The first-order chi connectivity index (χ1) is 15.0. The maximum atomic E-state index is 13.6. The minimum Gasteiger partial charge on any atom is -0.445 e. The number of nitrogens with zero attached hydrogens (tertiary/aromatic N) is 1. The Bertz CT molecular complexity index is 1240. The molecule has 0 unspecified atom stereocenters. The summed E-state index contributed by atoms with van der Waals surface area (Å²) in [5.41, 5.74) is 3.94. The molecule has 6 nitrogen and oxygen atoms in total. The monoisotopic (exact) mass is 416 g/mol. The van der Waals surface area contributed by atoms with E-state index in [9.17, 15) is 9.59 Å². The topological polar surface area (TPSA) is 85.2 Å². The maximum Gasteiger partial charge on any atom is 0.344 e. The van der Waals surface area contributed by atoms with Crippen molar-refractivity contribution in [1.29, 1.82) is 0 Å². The van der Waals surface area contributed by atoms with Gasteiger partial charge in [-0.1, -0.05) is 67.5 Å². The maximum absolute atomic E-state index is 13.6. The molecule has 158 valence electrons. The minimum atomic E-state index is -1.09. The number of aromatic nitrogens is 2. The van der Waals surface area contributed by atoms with E-state index in [-0.39, 0.29) is 11.3 Å². The van der Waals surface area contributed by atoms with Gasteiger partial charge in [0.2, 0.25) is 5.78 Å². The van der Waals surface area contributed by atoms with Crippen LogP contribution in [0.15, 0.2) is 59.3 Å². The third kappa shape index (κ3) is 3.77. The van der Waals surface area contributed by atoms with Gasteiger partial charge in [0, 0.05) is 28.2 Å². The second kappa shape index (κ2) is 8.60. The molecule has 2 aromatic heterocycles. The minimum absolute atomic E-state index is 0.281. The Morgan fingerprint density at radius 3 is 2.55 bits per heavy atom. The molecular formula is C25H24N2O4. The third-order valence-corrected chi connectivity index (χ3v) is 5.49. The SMILES string of the molecule is CCc1noc(C)c1C(=O)O[C@@H](C(=O)c1c[nH]c2c(CC)cccc12)c1ccccc1. The average Bonchev–Trinajstić information content (AvgIpc) is 3.40. The lowest BCUT2D eigenvalue weighted by molar-refractivity contribution is 0.0278. The molecule has 4 rings (SSSR count). The Hall–Kier alpha value is -3.67. The molecule has 0 aliphatic rings. The number of esters is 1. The number of para-hydroxylation sites is 1. The zero-order valence-corrected chi connectivity index (χ0v) is 17.8. The van der Waals surface area contributed by atoms with Crippen LogP contribution in [0.25, 0.3) is 10.9 Å². The number of carbonyl (C=O) groups is 2. The first kappa shape index (κ1) is 20.6. The van der Waals surface area contributed by atoms with Gasteiger partial charge in [0.1, 0.15) is 11.3 Å². The fourth-order valence-electron chi connectivity index (χ4n) is 3.84. The summed E-state index contributed by atoms with van der Waals surface area (Å²) in [4.78, 5) is 29.9. The molecule has 1 N–H and O–H groups in total. The highest BCUT2D eigenvalue weighted by Crippen LogP contribution is 2.30. The van der Waals surface area contributed by atoms with Crippen LogP contribution < -0.4 is 0 Å². The summed E-state index contributed by atoms with van der Waals surface area (Å²) in [6.45, 7) is 5.61. The van der Waals surface area contributed by atoms with Crippen LogP contribution >= 0.6 is 0 Å². The molecular weight excluding hydrogens is 392 g/mol. The number of nitrogens with one attached hydrogen (secondary N) is 1. The lowest BCUT2D eigenvalue weighted by atomic mass is 9.98. The van der Waals surface area contributed by atoms with Gasteiger partial charge in [-0.2, -0.15) is 0 Å². The van der Waals surface area contributed by atoms with Gasteiger partial charge in [-0.05, 0) is 25.3 Å². The highest BCUT2D eigenvalue weighted by molar-refractivity contribution is 6.11. The summed E-state index contributed by atoms with van der Waals surface area (Å²) in [5.74, 6) is -0.529. The van der Waals surface area contributed by atoms with E-state index >= 15 is 0 Å². The predicted octanol–water partition coefficient (Wildman–Crippen LogP) is 5.37. The van der Waals surface area contributed by atoms with E-state index in [1.165, 1.54) is 0 Å². The molecule has 1 atom stereocenters. The van der Waals surface area contributed by atoms with Crippen LogP contribution in [-0.2, 0) is 17.6 Å². The van der Waals surface area contributed by atoms with E-state index in [1.54, 1.807) is 25.3 Å². The highest BCUT2D eigenvalue weighted by Gasteiger charge is 2.31. The number of aromatic amines is 1. The number of benzene rings is 2. The second-order valence-electron chi connectivity index (χ2n) is 7.37. The number of hydrogen-bond acceptors (Lipinski definition) is 5. The molecule has 2 aromatic carbocycles. The molecule has 4 aromatic rings. The van der Waals surface area contributed by atoms with Gasteiger partial charge in [0.15, 0.2) is 6.10 Å². The van der Waals surface area contributed by atoms with Gasteiger partial charge in [0.05, 0.1) is 5.69 Å². The van der Waals surface area contributed by atoms with Gasteiger partial charge in [0.25, 0.3) is 0 Å². The fourth-order valence-corrected chi connectivity index (χ4v) is 3.84. The normalized spacial score (nSPS) is 12.1. The molecule has 31 heavy (non-hydrogen) atoms. The first-order valence-electron chi connectivity index (χ1n) is 10.4. The van der Waals surface area contributed by atoms with E-state index in [4.69, 9.17) is 9.26 Å². The Morgan fingerprint density at radius 1 is 1.06 bits per heavy atom. The quantitative estimate of drug-likeness (QED) is 0.323. The molecule has 6 heteroatoms. The first-order valence-corrected chi connectivity index (χ1v) is 10.4. The van der Waals surface area contributed by atoms with Crippen molar-refractivity contribution < 1.29 is 18.8 Å². The number of H-pyrrole nitrogens is 1. The van der Waals surface area contributed by atoms with Crippen LogP contribution in [0, 0.1) is 6.92 Å². The average molecular weight is 416 g/mol. The Morgan fingerprint density at radius 2 is 1.84 bits per heavy atom. The van der Waals surface area contributed by atoms with E-state index in [2.05, 4.69) is 17.1 Å². The number of fused-ring (bicyclic) bond motifs is 1. The van der Waals surface area contributed by atoms with Crippen LogP contribution in [-0.4, -0.2) is 21.9 Å². The van der Waals surface area contributed by atoms with Crippen molar-refractivity contribution in [3.8, 4) is 0 Å². The summed E-state index contributed by atoms with van der Waals surface area (Å²) >= 11 is 0. The van der Waals surface area contributed by atoms with Crippen molar-refractivity contribution in [2.24, 2.45) is 0 Å².